The Morgan fingerprint density at radius 3 is 2.19 bits per heavy atom. The van der Waals surface area contributed by atoms with Crippen LogP contribution in [0.4, 0.5) is 0 Å². The van der Waals surface area contributed by atoms with Crippen molar-refractivity contribution in [1.82, 2.24) is 0 Å². The number of nitrogens with two attached hydrogens (primary N) is 1. The summed E-state index contributed by atoms with van der Waals surface area (Å²) in [5, 5.41) is 1.54. The van der Waals surface area contributed by atoms with Gasteiger partial charge in [-0.3, -0.25) is 0 Å². The average Bonchev–Trinajstić information content (AvgIpc) is 2.22. The van der Waals surface area contributed by atoms with Gasteiger partial charge in [0.15, 0.2) is 0 Å². The van der Waals surface area contributed by atoms with Gasteiger partial charge in [0.1, 0.15) is 0 Å². The topological polar surface area (TPSA) is 26.0 Å². The Bertz CT molecular complexity index is 316. The molecule has 0 aliphatic carbocycles. The smallest absolute Gasteiger partial charge is 0.0455 e. The molecule has 0 aromatic heterocycles. The van der Waals surface area contributed by atoms with Crippen molar-refractivity contribution >= 4 is 23.2 Å². The minimum atomic E-state index is 0.232. The average molecular weight is 260 g/mol. The monoisotopic (exact) mass is 259 g/mol. The molecular formula is C13H19Cl2N. The molecule has 0 aliphatic rings. The molecule has 1 aromatic carbocycles. The molecule has 16 heavy (non-hydrogen) atoms. The molecule has 2 unspecified atom stereocenters. The van der Waals surface area contributed by atoms with Crippen LogP contribution in [0.5, 0.6) is 0 Å². The maximum absolute atomic E-state index is 6.20. The van der Waals surface area contributed by atoms with Gasteiger partial charge < -0.3 is 5.73 Å². The van der Waals surface area contributed by atoms with Crippen LogP contribution in [0.2, 0.25) is 10.0 Å². The fourth-order valence-electron chi connectivity index (χ4n) is 1.92. The van der Waals surface area contributed by atoms with E-state index in [1.165, 1.54) is 0 Å². The highest BCUT2D eigenvalue weighted by Gasteiger charge is 2.16. The van der Waals surface area contributed by atoms with Gasteiger partial charge in [-0.15, -0.1) is 0 Å². The van der Waals surface area contributed by atoms with Crippen LogP contribution in [0, 0.1) is 0 Å². The van der Waals surface area contributed by atoms with Crippen LogP contribution in [0.15, 0.2) is 18.2 Å². The Morgan fingerprint density at radius 1 is 1.19 bits per heavy atom. The predicted octanol–water partition coefficient (Wildman–Crippen LogP) is 4.61. The molecule has 1 aromatic rings. The van der Waals surface area contributed by atoms with E-state index in [2.05, 4.69) is 6.92 Å². The molecule has 1 rings (SSSR count). The molecule has 0 amide bonds. The summed E-state index contributed by atoms with van der Waals surface area (Å²) in [6.45, 7) is 4.19. The quantitative estimate of drug-likeness (QED) is 0.821. The molecule has 0 aliphatic heterocycles. The van der Waals surface area contributed by atoms with E-state index >= 15 is 0 Å². The second kappa shape index (κ2) is 6.48. The summed E-state index contributed by atoms with van der Waals surface area (Å²) in [5.74, 6) is 0.409. The summed E-state index contributed by atoms with van der Waals surface area (Å²) < 4.78 is 0. The van der Waals surface area contributed by atoms with E-state index in [9.17, 15) is 0 Å². The lowest BCUT2D eigenvalue weighted by molar-refractivity contribution is 0.532. The Kier molecular flexibility index (Phi) is 5.60. The predicted molar refractivity (Wildman–Crippen MR) is 72.4 cm³/mol. The molecule has 0 heterocycles. The summed E-state index contributed by atoms with van der Waals surface area (Å²) in [4.78, 5) is 0. The van der Waals surface area contributed by atoms with Gasteiger partial charge in [0.25, 0.3) is 0 Å². The van der Waals surface area contributed by atoms with Crippen LogP contribution in [0.25, 0.3) is 0 Å². The SMILES string of the molecule is CCC(CCC(C)N)c1c(Cl)cccc1Cl. The van der Waals surface area contributed by atoms with Crippen LogP contribution < -0.4 is 5.73 Å². The second-order valence-electron chi connectivity index (χ2n) is 4.30. The zero-order valence-corrected chi connectivity index (χ0v) is 11.4. The van der Waals surface area contributed by atoms with E-state index in [1.54, 1.807) is 0 Å². The molecule has 0 saturated heterocycles. The molecular weight excluding hydrogens is 241 g/mol. The lowest BCUT2D eigenvalue weighted by Gasteiger charge is -2.19. The van der Waals surface area contributed by atoms with Crippen molar-refractivity contribution in [3.8, 4) is 0 Å². The highest BCUT2D eigenvalue weighted by atomic mass is 35.5. The fraction of sp³-hybridized carbons (Fsp3) is 0.538. The normalized spacial score (nSPS) is 14.8. The summed E-state index contributed by atoms with van der Waals surface area (Å²) in [6.07, 6.45) is 3.08. The van der Waals surface area contributed by atoms with Gasteiger partial charge in [-0.1, -0.05) is 36.2 Å². The first kappa shape index (κ1) is 13.8. The first-order valence-corrected chi connectivity index (χ1v) is 6.51. The fourth-order valence-corrected chi connectivity index (χ4v) is 2.62. The third kappa shape index (κ3) is 3.65. The third-order valence-electron chi connectivity index (χ3n) is 2.87. The van der Waals surface area contributed by atoms with Gasteiger partial charge >= 0.3 is 0 Å². The van der Waals surface area contributed by atoms with Crippen LogP contribution in [0.3, 0.4) is 0 Å². The molecule has 2 atom stereocenters. The Hall–Kier alpha value is -0.240. The van der Waals surface area contributed by atoms with Crippen LogP contribution in [-0.4, -0.2) is 6.04 Å². The summed E-state index contributed by atoms with van der Waals surface area (Å²) >= 11 is 12.4. The molecule has 0 bridgehead atoms. The van der Waals surface area contributed by atoms with Crippen molar-refractivity contribution in [2.24, 2.45) is 5.73 Å². The zero-order valence-electron chi connectivity index (χ0n) is 9.84. The number of hydrogen-bond acceptors (Lipinski definition) is 1. The molecule has 2 N–H and O–H groups in total. The maximum atomic E-state index is 6.20. The number of halogens is 2. The van der Waals surface area contributed by atoms with E-state index in [-0.39, 0.29) is 6.04 Å². The second-order valence-corrected chi connectivity index (χ2v) is 5.11. The van der Waals surface area contributed by atoms with Crippen molar-refractivity contribution in [3.63, 3.8) is 0 Å². The van der Waals surface area contributed by atoms with Gasteiger partial charge in [-0.2, -0.15) is 0 Å². The van der Waals surface area contributed by atoms with Gasteiger partial charge in [-0.05, 0) is 49.8 Å². The molecule has 1 nitrogen and oxygen atoms in total. The van der Waals surface area contributed by atoms with Gasteiger partial charge in [-0.25, -0.2) is 0 Å². The minimum Gasteiger partial charge on any atom is -0.328 e. The van der Waals surface area contributed by atoms with Crippen molar-refractivity contribution < 1.29 is 0 Å². The molecule has 0 spiro atoms. The lowest BCUT2D eigenvalue weighted by Crippen LogP contribution is -2.16. The van der Waals surface area contributed by atoms with Crippen molar-refractivity contribution in [2.75, 3.05) is 0 Å². The Morgan fingerprint density at radius 2 is 1.75 bits per heavy atom. The molecule has 0 fully saturated rings. The highest BCUT2D eigenvalue weighted by Crippen LogP contribution is 2.36. The Balaban J connectivity index is 2.86. The van der Waals surface area contributed by atoms with E-state index in [0.717, 1.165) is 34.9 Å². The van der Waals surface area contributed by atoms with Crippen molar-refractivity contribution in [1.29, 1.82) is 0 Å². The van der Waals surface area contributed by atoms with E-state index in [0.29, 0.717) is 5.92 Å². The Labute approximate surface area is 108 Å². The van der Waals surface area contributed by atoms with Gasteiger partial charge in [0.05, 0.1) is 0 Å². The van der Waals surface area contributed by atoms with Crippen LogP contribution in [0.1, 0.15) is 44.6 Å². The highest BCUT2D eigenvalue weighted by molar-refractivity contribution is 6.36. The molecule has 90 valence electrons. The van der Waals surface area contributed by atoms with E-state index in [4.69, 9.17) is 28.9 Å². The summed E-state index contributed by atoms with van der Waals surface area (Å²) in [5.41, 5.74) is 6.86. The van der Waals surface area contributed by atoms with Crippen molar-refractivity contribution in [3.05, 3.63) is 33.8 Å². The maximum Gasteiger partial charge on any atom is 0.0455 e. The molecule has 0 saturated carbocycles. The number of hydrogen-bond donors (Lipinski definition) is 1. The zero-order chi connectivity index (χ0) is 12.1. The summed E-state index contributed by atoms with van der Waals surface area (Å²) in [6, 6.07) is 5.91. The van der Waals surface area contributed by atoms with Crippen LogP contribution in [-0.2, 0) is 0 Å². The standard InChI is InChI=1S/C13H19Cl2N/c1-3-10(8-7-9(2)16)13-11(14)5-4-6-12(13)15/h4-6,9-10H,3,7-8,16H2,1-2H3. The number of benzene rings is 1. The van der Waals surface area contributed by atoms with Crippen molar-refractivity contribution in [2.45, 2.75) is 45.1 Å². The molecule has 0 radical (unpaired) electrons. The van der Waals surface area contributed by atoms with Crippen LogP contribution >= 0.6 is 23.2 Å². The van der Waals surface area contributed by atoms with Gasteiger partial charge in [0, 0.05) is 16.1 Å². The first-order chi connectivity index (χ1) is 7.56. The summed E-state index contributed by atoms with van der Waals surface area (Å²) in [7, 11) is 0. The third-order valence-corrected chi connectivity index (χ3v) is 3.53. The first-order valence-electron chi connectivity index (χ1n) is 5.75. The largest absolute Gasteiger partial charge is 0.328 e. The van der Waals surface area contributed by atoms with Gasteiger partial charge in [0.2, 0.25) is 0 Å². The van der Waals surface area contributed by atoms with E-state index < -0.39 is 0 Å². The molecule has 3 heteroatoms. The number of rotatable bonds is 5. The lowest BCUT2D eigenvalue weighted by atomic mass is 9.90. The minimum absolute atomic E-state index is 0.232. The van der Waals surface area contributed by atoms with E-state index in [1.807, 2.05) is 25.1 Å².